The SMILES string of the molecule is O=[14C]1CCc2ccccc21. The van der Waals surface area contributed by atoms with E-state index in [9.17, 15) is 4.79 Å². The lowest BCUT2D eigenvalue weighted by Gasteiger charge is -1.92. The minimum absolute atomic E-state index is 0.301. The number of hydrogen-bond donors (Lipinski definition) is 0. The van der Waals surface area contributed by atoms with E-state index in [1.54, 1.807) is 0 Å². The van der Waals surface area contributed by atoms with Gasteiger partial charge >= 0.3 is 0 Å². The van der Waals surface area contributed by atoms with Crippen LogP contribution >= 0.6 is 0 Å². The van der Waals surface area contributed by atoms with E-state index >= 15 is 0 Å². The molecule has 0 saturated carbocycles. The van der Waals surface area contributed by atoms with Crippen LogP contribution in [-0.4, -0.2) is 5.78 Å². The van der Waals surface area contributed by atoms with E-state index in [0.717, 1.165) is 12.0 Å². The summed E-state index contributed by atoms with van der Waals surface area (Å²) in [5, 5.41) is 0. The lowest BCUT2D eigenvalue weighted by Crippen LogP contribution is -1.88. The molecule has 0 radical (unpaired) electrons. The molecule has 0 N–H and O–H groups in total. The molecule has 0 aliphatic heterocycles. The van der Waals surface area contributed by atoms with Crippen molar-refractivity contribution in [3.05, 3.63) is 35.4 Å². The average Bonchev–Trinajstić information content (AvgIpc) is 2.34. The third-order valence-corrected chi connectivity index (χ3v) is 1.94. The molecule has 1 nitrogen and oxygen atoms in total. The highest BCUT2D eigenvalue weighted by Crippen LogP contribution is 2.20. The lowest BCUT2D eigenvalue weighted by atomic mass is 10.2. The molecule has 0 atom stereocenters. The summed E-state index contributed by atoms with van der Waals surface area (Å²) in [4.78, 5) is 11.1. The molecule has 0 bridgehead atoms. The zero-order valence-electron chi connectivity index (χ0n) is 5.63. The number of carbonyl (C=O) groups excluding carboxylic acids is 1. The van der Waals surface area contributed by atoms with Crippen LogP contribution in [0.4, 0.5) is 0 Å². The Labute approximate surface area is 59.7 Å². The first kappa shape index (κ1) is 5.66. The first-order valence-corrected chi connectivity index (χ1v) is 3.49. The fraction of sp³-hybridized carbons (Fsp3) is 0.222. The third kappa shape index (κ3) is 0.670. The van der Waals surface area contributed by atoms with Gasteiger partial charge in [0.25, 0.3) is 0 Å². The number of rotatable bonds is 0. The van der Waals surface area contributed by atoms with Crippen LogP contribution in [0.5, 0.6) is 0 Å². The van der Waals surface area contributed by atoms with E-state index in [1.165, 1.54) is 5.56 Å². The Morgan fingerprint density at radius 3 is 2.90 bits per heavy atom. The number of hydrogen-bond acceptors (Lipinski definition) is 1. The van der Waals surface area contributed by atoms with Gasteiger partial charge in [-0.1, -0.05) is 24.3 Å². The Morgan fingerprint density at radius 1 is 1.30 bits per heavy atom. The molecule has 1 aromatic carbocycles. The summed E-state index contributed by atoms with van der Waals surface area (Å²) in [7, 11) is 0. The van der Waals surface area contributed by atoms with Gasteiger partial charge in [-0.2, -0.15) is 0 Å². The minimum Gasteiger partial charge on any atom is -0.294 e. The number of benzene rings is 1. The lowest BCUT2D eigenvalue weighted by molar-refractivity contribution is 0.0994. The summed E-state index contributed by atoms with van der Waals surface area (Å²) in [5.74, 6) is 0.301. The number of aryl methyl sites for hydroxylation is 1. The van der Waals surface area contributed by atoms with E-state index in [4.69, 9.17) is 0 Å². The van der Waals surface area contributed by atoms with Crippen LogP contribution in [0.1, 0.15) is 22.3 Å². The van der Waals surface area contributed by atoms with Crippen LogP contribution in [0.15, 0.2) is 24.3 Å². The topological polar surface area (TPSA) is 17.1 Å². The molecule has 2 rings (SSSR count). The van der Waals surface area contributed by atoms with Gasteiger partial charge in [-0.05, 0) is 12.0 Å². The Morgan fingerprint density at radius 2 is 2.10 bits per heavy atom. The predicted octanol–water partition coefficient (Wildman–Crippen LogP) is 1.82. The molecule has 0 unspecified atom stereocenters. The number of ketones is 1. The van der Waals surface area contributed by atoms with Crippen molar-refractivity contribution in [3.8, 4) is 0 Å². The highest BCUT2D eigenvalue weighted by molar-refractivity contribution is 6.00. The molecule has 1 aliphatic carbocycles. The fourth-order valence-electron chi connectivity index (χ4n) is 1.39. The molecule has 1 aliphatic rings. The zero-order chi connectivity index (χ0) is 6.97. The van der Waals surface area contributed by atoms with Crippen molar-refractivity contribution in [2.45, 2.75) is 12.8 Å². The monoisotopic (exact) mass is 134 g/mol. The second-order valence-corrected chi connectivity index (χ2v) is 2.58. The molecule has 1 aromatic rings. The smallest absolute Gasteiger partial charge is 0.163 e. The summed E-state index contributed by atoms with van der Waals surface area (Å²) < 4.78 is 0. The summed E-state index contributed by atoms with van der Waals surface area (Å²) in [6.45, 7) is 0. The Kier molecular flexibility index (Phi) is 1.10. The van der Waals surface area contributed by atoms with Crippen molar-refractivity contribution in [1.82, 2.24) is 0 Å². The molecule has 1 heteroatoms. The zero-order valence-corrected chi connectivity index (χ0v) is 5.63. The van der Waals surface area contributed by atoms with Crippen molar-refractivity contribution in [1.29, 1.82) is 0 Å². The Balaban J connectivity index is 2.61. The first-order chi connectivity index (χ1) is 4.88. The molecular formula is C9H8O. The Hall–Kier alpha value is -1.11. The molecule has 0 fully saturated rings. The Bertz CT molecular complexity index is 276. The van der Waals surface area contributed by atoms with Crippen LogP contribution in [0.25, 0.3) is 0 Å². The summed E-state index contributed by atoms with van der Waals surface area (Å²) in [6.07, 6.45) is 1.65. The largest absolute Gasteiger partial charge is 0.294 e. The molecule has 0 saturated heterocycles. The van der Waals surface area contributed by atoms with Crippen molar-refractivity contribution in [2.24, 2.45) is 0 Å². The van der Waals surface area contributed by atoms with Crippen molar-refractivity contribution < 1.29 is 4.79 Å². The molecular weight excluding hydrogens is 126 g/mol. The normalized spacial score (nSPS) is 15.4. The second kappa shape index (κ2) is 1.94. The van der Waals surface area contributed by atoms with Crippen LogP contribution < -0.4 is 0 Å². The highest BCUT2D eigenvalue weighted by atomic mass is 16.3. The van der Waals surface area contributed by atoms with Crippen LogP contribution in [0.3, 0.4) is 0 Å². The van der Waals surface area contributed by atoms with Crippen molar-refractivity contribution in [3.63, 3.8) is 0 Å². The van der Waals surface area contributed by atoms with E-state index < -0.39 is 0 Å². The van der Waals surface area contributed by atoms with Gasteiger partial charge in [-0.15, -0.1) is 0 Å². The third-order valence-electron chi connectivity index (χ3n) is 1.94. The number of fused-ring (bicyclic) bond motifs is 1. The quantitative estimate of drug-likeness (QED) is 0.529. The van der Waals surface area contributed by atoms with Crippen molar-refractivity contribution >= 4 is 5.78 Å². The van der Waals surface area contributed by atoms with Crippen LogP contribution in [-0.2, 0) is 6.42 Å². The molecule has 0 spiro atoms. The van der Waals surface area contributed by atoms with Gasteiger partial charge < -0.3 is 0 Å². The number of carbonyl (C=O) groups is 1. The molecule has 50 valence electrons. The molecule has 0 heterocycles. The van der Waals surface area contributed by atoms with E-state index in [-0.39, 0.29) is 0 Å². The van der Waals surface area contributed by atoms with E-state index in [0.29, 0.717) is 12.2 Å². The van der Waals surface area contributed by atoms with Crippen LogP contribution in [0.2, 0.25) is 0 Å². The van der Waals surface area contributed by atoms with E-state index in [2.05, 4.69) is 0 Å². The highest BCUT2D eigenvalue weighted by Gasteiger charge is 2.17. The maximum absolute atomic E-state index is 11.1. The van der Waals surface area contributed by atoms with Gasteiger partial charge in [-0.25, -0.2) is 0 Å². The second-order valence-electron chi connectivity index (χ2n) is 2.58. The van der Waals surface area contributed by atoms with Gasteiger partial charge in [0.05, 0.1) is 0 Å². The molecule has 0 aromatic heterocycles. The summed E-state index contributed by atoms with van der Waals surface area (Å²) in [5.41, 5.74) is 2.15. The molecule has 0 amide bonds. The average molecular weight is 134 g/mol. The van der Waals surface area contributed by atoms with Gasteiger partial charge in [-0.3, -0.25) is 4.79 Å². The minimum atomic E-state index is 0.301. The maximum atomic E-state index is 11.1. The fourth-order valence-corrected chi connectivity index (χ4v) is 1.39. The maximum Gasteiger partial charge on any atom is 0.163 e. The first-order valence-electron chi connectivity index (χ1n) is 3.49. The van der Waals surface area contributed by atoms with Gasteiger partial charge in [0, 0.05) is 12.0 Å². The van der Waals surface area contributed by atoms with Gasteiger partial charge in [0.15, 0.2) is 5.78 Å². The van der Waals surface area contributed by atoms with Crippen LogP contribution in [0, 0.1) is 0 Å². The summed E-state index contributed by atoms with van der Waals surface area (Å²) in [6, 6.07) is 7.84. The van der Waals surface area contributed by atoms with E-state index in [1.807, 2.05) is 24.3 Å². The van der Waals surface area contributed by atoms with Gasteiger partial charge in [0.1, 0.15) is 0 Å². The number of Topliss-reactive ketones (excluding diaryl/α,β-unsaturated/α-hetero) is 1. The standard InChI is InChI=1S/C9H8O/c10-9-6-5-7-3-1-2-4-8(7)9/h1-4H,5-6H2/i9+2. The van der Waals surface area contributed by atoms with Crippen molar-refractivity contribution in [2.75, 3.05) is 0 Å². The molecule has 10 heavy (non-hydrogen) atoms. The summed E-state index contributed by atoms with van der Waals surface area (Å²) >= 11 is 0. The van der Waals surface area contributed by atoms with Gasteiger partial charge in [0.2, 0.25) is 0 Å². The predicted molar refractivity (Wildman–Crippen MR) is 39.1 cm³/mol.